The molecular weight excluding hydrogens is 412 g/mol. The lowest BCUT2D eigenvalue weighted by Gasteiger charge is -2.09. The number of benzene rings is 1. The highest BCUT2D eigenvalue weighted by molar-refractivity contribution is 6.07. The maximum Gasteiger partial charge on any atom is 0.259 e. The number of aromatic nitrogens is 2. The summed E-state index contributed by atoms with van der Waals surface area (Å²) in [6.45, 7) is 2.47. The van der Waals surface area contributed by atoms with Gasteiger partial charge in [-0.1, -0.05) is 18.5 Å². The number of rotatable bonds is 8. The summed E-state index contributed by atoms with van der Waals surface area (Å²) in [7, 11) is 0. The number of nitrogens with zero attached hydrogens (tertiary/aromatic N) is 2. The second-order valence-electron chi connectivity index (χ2n) is 7.15. The van der Waals surface area contributed by atoms with E-state index < -0.39 is 0 Å². The molecule has 2 amide bonds. The van der Waals surface area contributed by atoms with Crippen molar-refractivity contribution in [2.75, 3.05) is 13.1 Å². The van der Waals surface area contributed by atoms with E-state index in [1.807, 2.05) is 6.92 Å². The van der Waals surface area contributed by atoms with Gasteiger partial charge in [0.05, 0.1) is 22.9 Å². The molecule has 0 unspecified atom stereocenters. The van der Waals surface area contributed by atoms with Crippen molar-refractivity contribution in [3.05, 3.63) is 65.5 Å². The SMILES string of the molecule is CCCc1noc2nc(-c3ccco3)cc(C(=O)NCCNC(=O)c3ccc(O)cc3)c12. The largest absolute Gasteiger partial charge is 0.508 e. The summed E-state index contributed by atoms with van der Waals surface area (Å²) in [4.78, 5) is 29.6. The number of hydrogen-bond acceptors (Lipinski definition) is 7. The molecule has 0 spiro atoms. The van der Waals surface area contributed by atoms with Crippen LogP contribution in [0.1, 0.15) is 39.8 Å². The molecule has 0 aliphatic heterocycles. The molecule has 0 fully saturated rings. The van der Waals surface area contributed by atoms with Crippen LogP contribution in [-0.4, -0.2) is 40.2 Å². The van der Waals surface area contributed by atoms with Gasteiger partial charge < -0.3 is 24.7 Å². The van der Waals surface area contributed by atoms with Gasteiger partial charge in [-0.25, -0.2) is 4.98 Å². The van der Waals surface area contributed by atoms with E-state index in [0.29, 0.717) is 40.1 Å². The van der Waals surface area contributed by atoms with Crippen LogP contribution in [0.3, 0.4) is 0 Å². The highest BCUT2D eigenvalue weighted by Crippen LogP contribution is 2.28. The van der Waals surface area contributed by atoms with Crippen LogP contribution in [0.5, 0.6) is 5.75 Å². The van der Waals surface area contributed by atoms with Gasteiger partial charge in [0.15, 0.2) is 5.76 Å². The summed E-state index contributed by atoms with van der Waals surface area (Å²) >= 11 is 0. The predicted octanol–water partition coefficient (Wildman–Crippen LogP) is 3.30. The number of pyridine rings is 1. The molecule has 3 N–H and O–H groups in total. The number of phenolic OH excluding ortho intramolecular Hbond substituents is 1. The molecule has 0 bridgehead atoms. The van der Waals surface area contributed by atoms with Gasteiger partial charge in [-0.15, -0.1) is 0 Å². The molecule has 0 aliphatic rings. The Hall–Kier alpha value is -4.14. The van der Waals surface area contributed by atoms with Gasteiger partial charge in [0.1, 0.15) is 11.4 Å². The maximum absolute atomic E-state index is 13.0. The van der Waals surface area contributed by atoms with Crippen LogP contribution in [0.15, 0.2) is 57.7 Å². The Bertz CT molecular complexity index is 1230. The van der Waals surface area contributed by atoms with Crippen molar-refractivity contribution in [1.82, 2.24) is 20.8 Å². The van der Waals surface area contributed by atoms with Crippen molar-refractivity contribution in [2.24, 2.45) is 0 Å². The third-order valence-corrected chi connectivity index (χ3v) is 4.85. The highest BCUT2D eigenvalue weighted by Gasteiger charge is 2.21. The number of fused-ring (bicyclic) bond motifs is 1. The fraction of sp³-hybridized carbons (Fsp3) is 0.217. The highest BCUT2D eigenvalue weighted by atomic mass is 16.5. The standard InChI is InChI=1S/C23H22N4O5/c1-2-4-17-20-16(13-18(19-5-3-12-31-19)26-23(20)32-27-17)22(30)25-11-10-24-21(29)14-6-8-15(28)9-7-14/h3,5-9,12-13,28H,2,4,10-11H2,1H3,(H,24,29)(H,25,30). The molecule has 4 rings (SSSR count). The number of nitrogens with one attached hydrogen (secondary N) is 2. The van der Waals surface area contributed by atoms with E-state index in [9.17, 15) is 14.7 Å². The quantitative estimate of drug-likeness (QED) is 0.363. The van der Waals surface area contributed by atoms with Crippen molar-refractivity contribution >= 4 is 22.9 Å². The Kier molecular flexibility index (Phi) is 6.16. The van der Waals surface area contributed by atoms with Crippen LogP contribution < -0.4 is 10.6 Å². The average molecular weight is 434 g/mol. The van der Waals surface area contributed by atoms with E-state index in [1.54, 1.807) is 18.2 Å². The van der Waals surface area contributed by atoms with E-state index >= 15 is 0 Å². The molecule has 0 saturated carbocycles. The number of carbonyl (C=O) groups excluding carboxylic acids is 2. The molecule has 9 heteroatoms. The first-order chi connectivity index (χ1) is 15.6. The fourth-order valence-corrected chi connectivity index (χ4v) is 3.31. The zero-order chi connectivity index (χ0) is 22.5. The van der Waals surface area contributed by atoms with Gasteiger partial charge in [0, 0.05) is 18.7 Å². The van der Waals surface area contributed by atoms with Crippen LogP contribution in [0.4, 0.5) is 0 Å². The number of phenols is 1. The minimum absolute atomic E-state index is 0.0857. The Labute approximate surface area is 183 Å². The molecule has 0 atom stereocenters. The summed E-state index contributed by atoms with van der Waals surface area (Å²) in [5, 5.41) is 19.5. The third-order valence-electron chi connectivity index (χ3n) is 4.85. The van der Waals surface area contributed by atoms with E-state index in [0.717, 1.165) is 6.42 Å². The lowest BCUT2D eigenvalue weighted by atomic mass is 10.1. The van der Waals surface area contributed by atoms with E-state index in [-0.39, 0.29) is 36.4 Å². The molecule has 3 heterocycles. The lowest BCUT2D eigenvalue weighted by molar-refractivity contribution is 0.0928. The van der Waals surface area contributed by atoms with Crippen molar-refractivity contribution in [3.63, 3.8) is 0 Å². The zero-order valence-corrected chi connectivity index (χ0v) is 17.4. The van der Waals surface area contributed by atoms with Crippen LogP contribution >= 0.6 is 0 Å². The number of aryl methyl sites for hydroxylation is 1. The fourth-order valence-electron chi connectivity index (χ4n) is 3.31. The first-order valence-electron chi connectivity index (χ1n) is 10.3. The molecular formula is C23H22N4O5. The third kappa shape index (κ3) is 4.46. The monoisotopic (exact) mass is 434 g/mol. The van der Waals surface area contributed by atoms with Gasteiger partial charge >= 0.3 is 0 Å². The van der Waals surface area contributed by atoms with Crippen molar-refractivity contribution < 1.29 is 23.6 Å². The van der Waals surface area contributed by atoms with Crippen molar-refractivity contribution in [1.29, 1.82) is 0 Å². The van der Waals surface area contributed by atoms with Gasteiger partial charge in [0.25, 0.3) is 17.5 Å². The molecule has 0 aliphatic carbocycles. The smallest absolute Gasteiger partial charge is 0.259 e. The Morgan fingerprint density at radius 2 is 1.81 bits per heavy atom. The summed E-state index contributed by atoms with van der Waals surface area (Å²) < 4.78 is 10.8. The molecule has 0 radical (unpaired) electrons. The lowest BCUT2D eigenvalue weighted by Crippen LogP contribution is -2.34. The number of carbonyl (C=O) groups is 2. The van der Waals surface area contributed by atoms with Gasteiger partial charge in [-0.2, -0.15) is 0 Å². The van der Waals surface area contributed by atoms with Gasteiger partial charge in [-0.05, 0) is 48.9 Å². The molecule has 9 nitrogen and oxygen atoms in total. The predicted molar refractivity (Wildman–Crippen MR) is 116 cm³/mol. The van der Waals surface area contributed by atoms with Crippen LogP contribution in [0, 0.1) is 0 Å². The minimum atomic E-state index is -0.329. The normalized spacial score (nSPS) is 10.9. The number of furan rings is 1. The van der Waals surface area contributed by atoms with Crippen LogP contribution in [0.2, 0.25) is 0 Å². The molecule has 164 valence electrons. The minimum Gasteiger partial charge on any atom is -0.508 e. The maximum atomic E-state index is 13.0. The molecule has 32 heavy (non-hydrogen) atoms. The summed E-state index contributed by atoms with van der Waals surface area (Å²) in [6.07, 6.45) is 3.02. The summed E-state index contributed by atoms with van der Waals surface area (Å²) in [6, 6.07) is 11.1. The second-order valence-corrected chi connectivity index (χ2v) is 7.15. The van der Waals surface area contributed by atoms with Crippen LogP contribution in [-0.2, 0) is 6.42 Å². The van der Waals surface area contributed by atoms with Gasteiger partial charge in [0.2, 0.25) is 0 Å². The van der Waals surface area contributed by atoms with E-state index in [4.69, 9.17) is 8.94 Å². The van der Waals surface area contributed by atoms with E-state index in [1.165, 1.54) is 30.5 Å². The Balaban J connectivity index is 1.48. The first-order valence-corrected chi connectivity index (χ1v) is 10.3. The van der Waals surface area contributed by atoms with Crippen molar-refractivity contribution in [3.8, 4) is 17.2 Å². The number of hydrogen-bond donors (Lipinski definition) is 3. The van der Waals surface area contributed by atoms with E-state index in [2.05, 4.69) is 20.8 Å². The molecule has 1 aromatic carbocycles. The van der Waals surface area contributed by atoms with Crippen molar-refractivity contribution in [2.45, 2.75) is 19.8 Å². The van der Waals surface area contributed by atoms with Crippen LogP contribution in [0.25, 0.3) is 22.6 Å². The Morgan fingerprint density at radius 3 is 2.50 bits per heavy atom. The zero-order valence-electron chi connectivity index (χ0n) is 17.4. The first kappa shape index (κ1) is 21.1. The second kappa shape index (κ2) is 9.34. The summed E-state index contributed by atoms with van der Waals surface area (Å²) in [5.74, 6) is -0.0299. The Morgan fingerprint density at radius 1 is 1.06 bits per heavy atom. The molecule has 4 aromatic rings. The topological polar surface area (TPSA) is 130 Å². The number of aromatic hydroxyl groups is 1. The number of amides is 2. The molecule has 3 aromatic heterocycles. The molecule has 0 saturated heterocycles. The average Bonchev–Trinajstić information content (AvgIpc) is 3.47. The summed E-state index contributed by atoms with van der Waals surface area (Å²) in [5.41, 5.74) is 2.21. The van der Waals surface area contributed by atoms with Gasteiger partial charge in [-0.3, -0.25) is 9.59 Å².